The number of nitrogens with zero attached hydrogens (tertiary/aromatic N) is 1. The van der Waals surface area contributed by atoms with Gasteiger partial charge in [-0.05, 0) is 42.8 Å². The second-order valence-electron chi connectivity index (χ2n) is 3.74. The molecule has 0 saturated heterocycles. The van der Waals surface area contributed by atoms with Crippen LogP contribution in [0.4, 0.5) is 0 Å². The molecule has 0 unspecified atom stereocenters. The summed E-state index contributed by atoms with van der Waals surface area (Å²) in [6.45, 7) is 5.84. The first-order valence-electron chi connectivity index (χ1n) is 4.46. The Bertz CT molecular complexity index is 369. The van der Waals surface area contributed by atoms with Crippen molar-refractivity contribution in [1.29, 1.82) is 0 Å². The van der Waals surface area contributed by atoms with E-state index in [1.807, 2.05) is 26.8 Å². The van der Waals surface area contributed by atoms with Crippen molar-refractivity contribution in [3.63, 3.8) is 0 Å². The van der Waals surface area contributed by atoms with Gasteiger partial charge in [0.25, 0.3) is 0 Å². The van der Waals surface area contributed by atoms with E-state index < -0.39 is 5.60 Å². The van der Waals surface area contributed by atoms with Crippen LogP contribution >= 0.6 is 28.8 Å². The number of pyridine rings is 1. The molecule has 0 radical (unpaired) electrons. The zero-order chi connectivity index (χ0) is 11.6. The van der Waals surface area contributed by atoms with Crippen molar-refractivity contribution in [2.45, 2.75) is 26.4 Å². The molecule has 1 heterocycles. The minimum Gasteiger partial charge on any atom is -0.426 e. The van der Waals surface area contributed by atoms with Gasteiger partial charge in [0, 0.05) is 31.3 Å². The fraction of sp³-hybridized carbons (Fsp3) is 0.500. The Morgan fingerprint density at radius 3 is 2.53 bits per heavy atom. The second-order valence-corrected chi connectivity index (χ2v) is 4.67. The standard InChI is InChI=1S/C10H14BrNO2S/c1-6-5-7(10(2,3)13-4)8(14-15)9(11)12-6/h5,15H,1-4H3. The predicted octanol–water partition coefficient (Wildman–Crippen LogP) is 3.26. The van der Waals surface area contributed by atoms with Crippen molar-refractivity contribution < 1.29 is 8.92 Å². The minimum absolute atomic E-state index is 0.436. The fourth-order valence-electron chi connectivity index (χ4n) is 1.27. The Hall–Kier alpha value is -0.260. The highest BCUT2D eigenvalue weighted by molar-refractivity contribution is 9.10. The summed E-state index contributed by atoms with van der Waals surface area (Å²) >= 11 is 7.17. The van der Waals surface area contributed by atoms with Crippen LogP contribution < -0.4 is 4.18 Å². The number of hydrogen-bond acceptors (Lipinski definition) is 4. The Labute approximate surface area is 104 Å². The quantitative estimate of drug-likeness (QED) is 0.527. The molecule has 0 saturated carbocycles. The molecule has 0 aromatic carbocycles. The van der Waals surface area contributed by atoms with Crippen molar-refractivity contribution >= 4 is 28.8 Å². The average Bonchev–Trinajstić information content (AvgIpc) is 2.16. The molecule has 0 aliphatic heterocycles. The SMILES string of the molecule is COC(C)(C)c1cc(C)nc(Br)c1OS. The van der Waals surface area contributed by atoms with Gasteiger partial charge in [-0.2, -0.15) is 0 Å². The monoisotopic (exact) mass is 291 g/mol. The molecule has 0 bridgehead atoms. The highest BCUT2D eigenvalue weighted by atomic mass is 79.9. The van der Waals surface area contributed by atoms with Crippen LogP contribution in [0.15, 0.2) is 10.7 Å². The van der Waals surface area contributed by atoms with Crippen molar-refractivity contribution in [1.82, 2.24) is 4.98 Å². The molecule has 5 heteroatoms. The van der Waals surface area contributed by atoms with Crippen LogP contribution in [-0.4, -0.2) is 12.1 Å². The molecule has 0 aliphatic rings. The highest BCUT2D eigenvalue weighted by Gasteiger charge is 2.26. The molecule has 84 valence electrons. The highest BCUT2D eigenvalue weighted by Crippen LogP contribution is 2.37. The maximum absolute atomic E-state index is 5.41. The topological polar surface area (TPSA) is 31.4 Å². The maximum Gasteiger partial charge on any atom is 0.175 e. The molecule has 0 fully saturated rings. The molecule has 15 heavy (non-hydrogen) atoms. The molecule has 0 amide bonds. The van der Waals surface area contributed by atoms with Crippen LogP contribution in [0.3, 0.4) is 0 Å². The van der Waals surface area contributed by atoms with Gasteiger partial charge < -0.3 is 8.92 Å². The lowest BCUT2D eigenvalue weighted by molar-refractivity contribution is 0.0179. The van der Waals surface area contributed by atoms with Gasteiger partial charge >= 0.3 is 0 Å². The number of halogens is 1. The Kier molecular flexibility index (Phi) is 4.03. The van der Waals surface area contributed by atoms with E-state index in [1.54, 1.807) is 7.11 Å². The third kappa shape index (κ3) is 2.65. The van der Waals surface area contributed by atoms with Gasteiger partial charge in [-0.1, -0.05) is 0 Å². The van der Waals surface area contributed by atoms with Crippen LogP contribution in [0, 0.1) is 6.92 Å². The van der Waals surface area contributed by atoms with Crippen molar-refractivity contribution in [2.24, 2.45) is 0 Å². The van der Waals surface area contributed by atoms with E-state index in [-0.39, 0.29) is 0 Å². The van der Waals surface area contributed by atoms with Crippen LogP contribution in [0.2, 0.25) is 0 Å². The van der Waals surface area contributed by atoms with Gasteiger partial charge in [-0.15, -0.1) is 0 Å². The van der Waals surface area contributed by atoms with E-state index in [9.17, 15) is 0 Å². The first-order valence-corrected chi connectivity index (χ1v) is 5.62. The zero-order valence-corrected chi connectivity index (χ0v) is 11.6. The third-order valence-corrected chi connectivity index (χ3v) is 3.03. The molecule has 0 spiro atoms. The normalized spacial score (nSPS) is 11.6. The molecule has 1 rings (SSSR count). The lowest BCUT2D eigenvalue weighted by Gasteiger charge is -2.25. The number of methoxy groups -OCH3 is 1. The smallest absolute Gasteiger partial charge is 0.175 e. The summed E-state index contributed by atoms with van der Waals surface area (Å²) in [5.41, 5.74) is 1.38. The van der Waals surface area contributed by atoms with Crippen molar-refractivity contribution in [2.75, 3.05) is 7.11 Å². The molecule has 0 atom stereocenters. The number of aryl methyl sites for hydroxylation is 1. The summed E-state index contributed by atoms with van der Waals surface area (Å²) in [5, 5.41) is 0. The van der Waals surface area contributed by atoms with Crippen molar-refractivity contribution in [3.05, 3.63) is 21.9 Å². The maximum atomic E-state index is 5.41. The first kappa shape index (κ1) is 12.8. The fourth-order valence-corrected chi connectivity index (χ4v) is 2.15. The first-order chi connectivity index (χ1) is 6.92. The Balaban J connectivity index is 3.39. The number of ether oxygens (including phenoxy) is 1. The number of aromatic nitrogens is 1. The van der Waals surface area contributed by atoms with E-state index in [4.69, 9.17) is 8.92 Å². The van der Waals surface area contributed by atoms with Gasteiger partial charge in [0.05, 0.1) is 5.60 Å². The molecule has 1 aromatic rings. The molecular weight excluding hydrogens is 278 g/mol. The molecule has 1 aromatic heterocycles. The lowest BCUT2D eigenvalue weighted by atomic mass is 9.97. The van der Waals surface area contributed by atoms with Crippen molar-refractivity contribution in [3.8, 4) is 5.75 Å². The minimum atomic E-state index is -0.436. The summed E-state index contributed by atoms with van der Waals surface area (Å²) < 4.78 is 11.1. The summed E-state index contributed by atoms with van der Waals surface area (Å²) in [7, 11) is 1.66. The van der Waals surface area contributed by atoms with Gasteiger partial charge in [-0.25, -0.2) is 4.98 Å². The van der Waals surface area contributed by atoms with E-state index >= 15 is 0 Å². The molecule has 3 nitrogen and oxygen atoms in total. The van der Waals surface area contributed by atoms with Crippen LogP contribution in [0.25, 0.3) is 0 Å². The Morgan fingerprint density at radius 2 is 2.07 bits per heavy atom. The van der Waals surface area contributed by atoms with Gasteiger partial charge in [0.1, 0.15) is 4.60 Å². The van der Waals surface area contributed by atoms with E-state index in [1.165, 1.54) is 0 Å². The molecule has 0 N–H and O–H groups in total. The third-order valence-electron chi connectivity index (χ3n) is 2.31. The molecule has 0 aliphatic carbocycles. The van der Waals surface area contributed by atoms with E-state index in [0.29, 0.717) is 10.4 Å². The lowest BCUT2D eigenvalue weighted by Crippen LogP contribution is -2.20. The number of hydrogen-bond donors (Lipinski definition) is 1. The van der Waals surface area contributed by atoms with Gasteiger partial charge in [-0.3, -0.25) is 0 Å². The van der Waals surface area contributed by atoms with Gasteiger partial charge in [0.2, 0.25) is 0 Å². The molecular formula is C10H14BrNO2S. The van der Waals surface area contributed by atoms with Crippen LogP contribution in [-0.2, 0) is 10.3 Å². The van der Waals surface area contributed by atoms with E-state index in [0.717, 1.165) is 11.3 Å². The predicted molar refractivity (Wildman–Crippen MR) is 66.3 cm³/mol. The summed E-state index contributed by atoms with van der Waals surface area (Å²) in [5.74, 6) is 0.593. The number of thiol groups is 1. The zero-order valence-electron chi connectivity index (χ0n) is 9.17. The second kappa shape index (κ2) is 4.72. The summed E-state index contributed by atoms with van der Waals surface area (Å²) in [6.07, 6.45) is 0. The van der Waals surface area contributed by atoms with Crippen LogP contribution in [0.5, 0.6) is 5.75 Å². The Morgan fingerprint density at radius 1 is 1.47 bits per heavy atom. The largest absolute Gasteiger partial charge is 0.426 e. The van der Waals surface area contributed by atoms with Crippen LogP contribution in [0.1, 0.15) is 25.1 Å². The van der Waals surface area contributed by atoms with E-state index in [2.05, 4.69) is 33.8 Å². The summed E-state index contributed by atoms with van der Waals surface area (Å²) in [6, 6.07) is 1.93. The van der Waals surface area contributed by atoms with Gasteiger partial charge in [0.15, 0.2) is 5.75 Å². The summed E-state index contributed by atoms with van der Waals surface area (Å²) in [4.78, 5) is 4.24. The number of rotatable bonds is 3. The average molecular weight is 292 g/mol.